The van der Waals surface area contributed by atoms with Crippen molar-refractivity contribution in [2.75, 3.05) is 29.6 Å². The molecule has 1 aromatic carbocycles. The molecular weight excluding hydrogens is 376 g/mol. The van der Waals surface area contributed by atoms with E-state index >= 15 is 0 Å². The van der Waals surface area contributed by atoms with Gasteiger partial charge in [-0.1, -0.05) is 25.7 Å². The number of carbonyl (C=O) groups is 1. The van der Waals surface area contributed by atoms with Crippen molar-refractivity contribution < 1.29 is 17.9 Å². The summed E-state index contributed by atoms with van der Waals surface area (Å²) >= 11 is 0. The van der Waals surface area contributed by atoms with Crippen molar-refractivity contribution in [3.05, 3.63) is 24.3 Å². The number of fused-ring (bicyclic) bond motifs is 1. The number of amides is 1. The van der Waals surface area contributed by atoms with Crippen LogP contribution in [0.4, 0.5) is 5.69 Å². The molecule has 0 spiro atoms. The van der Waals surface area contributed by atoms with Crippen LogP contribution >= 0.6 is 0 Å². The van der Waals surface area contributed by atoms with E-state index in [4.69, 9.17) is 4.74 Å². The first-order valence-electron chi connectivity index (χ1n) is 10.5. The fourth-order valence-electron chi connectivity index (χ4n) is 5.10. The van der Waals surface area contributed by atoms with Gasteiger partial charge in [-0.25, -0.2) is 8.42 Å². The third-order valence-corrected chi connectivity index (χ3v) is 8.06. The van der Waals surface area contributed by atoms with Gasteiger partial charge in [-0.2, -0.15) is 0 Å². The predicted octanol–water partition coefficient (Wildman–Crippen LogP) is 2.62. The number of hydrogen-bond donors (Lipinski definition) is 0. The lowest BCUT2D eigenvalue weighted by Crippen LogP contribution is -2.64. The van der Waals surface area contributed by atoms with E-state index in [1.165, 1.54) is 25.7 Å². The third kappa shape index (κ3) is 3.92. The zero-order valence-corrected chi connectivity index (χ0v) is 17.4. The van der Waals surface area contributed by atoms with E-state index in [1.54, 1.807) is 4.90 Å². The number of nitrogens with zero attached hydrogens (tertiary/aromatic N) is 2. The molecular formula is C21H30N2O4S. The van der Waals surface area contributed by atoms with E-state index in [0.29, 0.717) is 19.2 Å². The summed E-state index contributed by atoms with van der Waals surface area (Å²) in [6, 6.07) is 7.36. The summed E-state index contributed by atoms with van der Waals surface area (Å²) in [6.07, 6.45) is 6.95. The molecule has 2 heterocycles. The quantitative estimate of drug-likeness (QED) is 0.719. The molecule has 0 N–H and O–H groups in total. The lowest BCUT2D eigenvalue weighted by molar-refractivity contribution is -0.124. The van der Waals surface area contributed by atoms with Gasteiger partial charge >= 0.3 is 0 Å². The Hall–Kier alpha value is -1.60. The number of benzene rings is 1. The Bertz CT molecular complexity index is 800. The predicted molar refractivity (Wildman–Crippen MR) is 110 cm³/mol. The van der Waals surface area contributed by atoms with Gasteiger partial charge in [0.1, 0.15) is 5.75 Å². The summed E-state index contributed by atoms with van der Waals surface area (Å²) < 4.78 is 30.6. The van der Waals surface area contributed by atoms with Crippen molar-refractivity contribution in [2.45, 2.75) is 63.6 Å². The Morgan fingerprint density at radius 2 is 1.64 bits per heavy atom. The zero-order valence-electron chi connectivity index (χ0n) is 16.5. The molecule has 3 fully saturated rings. The number of piperazine rings is 1. The average molecular weight is 407 g/mol. The molecule has 0 unspecified atom stereocenters. The molecule has 6 nitrogen and oxygen atoms in total. The molecule has 1 saturated carbocycles. The molecule has 7 heteroatoms. The molecule has 3 aliphatic rings. The first-order valence-corrected chi connectivity index (χ1v) is 12.3. The Kier molecular flexibility index (Phi) is 5.65. The number of hydrogen-bond acceptors (Lipinski definition) is 5. The molecule has 28 heavy (non-hydrogen) atoms. The van der Waals surface area contributed by atoms with Crippen LogP contribution in [0, 0.1) is 0 Å². The van der Waals surface area contributed by atoms with Crippen LogP contribution in [0.3, 0.4) is 0 Å². The summed E-state index contributed by atoms with van der Waals surface area (Å²) in [7, 11) is -3.15. The molecule has 1 aromatic rings. The SMILES string of the molecule is CCOc1ccc(N2C(=O)CN(C3CCCCCC3)[C@H]3CS(=O)(=O)C[C@H]32)cc1. The van der Waals surface area contributed by atoms with Gasteiger partial charge in [0.15, 0.2) is 9.84 Å². The fraction of sp³-hybridized carbons (Fsp3) is 0.667. The molecule has 0 bridgehead atoms. The summed E-state index contributed by atoms with van der Waals surface area (Å²) in [4.78, 5) is 17.1. The molecule has 0 aromatic heterocycles. The molecule has 4 rings (SSSR count). The summed E-state index contributed by atoms with van der Waals surface area (Å²) in [6.45, 7) is 2.83. The lowest BCUT2D eigenvalue weighted by Gasteiger charge is -2.46. The minimum Gasteiger partial charge on any atom is -0.494 e. The van der Waals surface area contributed by atoms with Crippen LogP contribution < -0.4 is 9.64 Å². The van der Waals surface area contributed by atoms with E-state index in [2.05, 4.69) is 4.90 Å². The highest BCUT2D eigenvalue weighted by atomic mass is 32.2. The molecule has 2 aliphatic heterocycles. The van der Waals surface area contributed by atoms with E-state index in [1.807, 2.05) is 31.2 Å². The number of sulfone groups is 1. The molecule has 2 atom stereocenters. The van der Waals surface area contributed by atoms with Gasteiger partial charge in [-0.15, -0.1) is 0 Å². The first-order chi connectivity index (χ1) is 13.5. The second-order valence-corrected chi connectivity index (χ2v) is 10.4. The Balaban J connectivity index is 1.62. The van der Waals surface area contributed by atoms with Crippen LogP contribution in [0.25, 0.3) is 0 Å². The fourth-order valence-corrected chi connectivity index (χ4v) is 7.06. The average Bonchev–Trinajstić information content (AvgIpc) is 2.84. The standard InChI is InChI=1S/C21H30N2O4S/c1-2-27-18-11-9-17(10-12-18)23-20-15-28(25,26)14-19(20)22(13-21(23)24)16-7-5-3-4-6-8-16/h9-12,16,19-20H,2-8,13-15H2,1H3/t19-,20+/m0/s1. The largest absolute Gasteiger partial charge is 0.494 e. The maximum absolute atomic E-state index is 13.2. The molecule has 1 aliphatic carbocycles. The third-order valence-electron chi connectivity index (χ3n) is 6.36. The lowest BCUT2D eigenvalue weighted by atomic mass is 9.97. The summed E-state index contributed by atoms with van der Waals surface area (Å²) in [5.41, 5.74) is 0.765. The van der Waals surface area contributed by atoms with Gasteiger partial charge < -0.3 is 9.64 Å². The van der Waals surface area contributed by atoms with Crippen LogP contribution in [0.2, 0.25) is 0 Å². The van der Waals surface area contributed by atoms with Crippen molar-refractivity contribution in [1.82, 2.24) is 4.90 Å². The summed E-state index contributed by atoms with van der Waals surface area (Å²) in [5.74, 6) is 0.979. The monoisotopic (exact) mass is 406 g/mol. The first kappa shape index (κ1) is 19.7. The Labute approximate surface area is 167 Å². The molecule has 1 amide bonds. The van der Waals surface area contributed by atoms with E-state index in [0.717, 1.165) is 24.3 Å². The van der Waals surface area contributed by atoms with Crippen molar-refractivity contribution in [3.8, 4) is 5.75 Å². The van der Waals surface area contributed by atoms with Gasteiger partial charge in [-0.3, -0.25) is 9.69 Å². The Morgan fingerprint density at radius 1 is 1.00 bits per heavy atom. The van der Waals surface area contributed by atoms with E-state index < -0.39 is 9.84 Å². The number of anilines is 1. The molecule has 154 valence electrons. The van der Waals surface area contributed by atoms with Crippen molar-refractivity contribution in [1.29, 1.82) is 0 Å². The van der Waals surface area contributed by atoms with Crippen LogP contribution in [-0.4, -0.2) is 62.0 Å². The van der Waals surface area contributed by atoms with E-state index in [9.17, 15) is 13.2 Å². The van der Waals surface area contributed by atoms with Crippen molar-refractivity contribution >= 4 is 21.4 Å². The van der Waals surface area contributed by atoms with Crippen LogP contribution in [-0.2, 0) is 14.6 Å². The summed E-state index contributed by atoms with van der Waals surface area (Å²) in [5, 5.41) is 0. The van der Waals surface area contributed by atoms with Crippen LogP contribution in [0.1, 0.15) is 45.4 Å². The van der Waals surface area contributed by atoms with Crippen LogP contribution in [0.5, 0.6) is 5.75 Å². The minimum atomic E-state index is -3.15. The highest BCUT2D eigenvalue weighted by molar-refractivity contribution is 7.91. The molecule has 2 saturated heterocycles. The van der Waals surface area contributed by atoms with Gasteiger partial charge in [0.25, 0.3) is 0 Å². The normalized spacial score (nSPS) is 28.8. The number of rotatable bonds is 4. The van der Waals surface area contributed by atoms with E-state index in [-0.39, 0.29) is 29.5 Å². The number of carbonyl (C=O) groups excluding carboxylic acids is 1. The second kappa shape index (κ2) is 8.03. The highest BCUT2D eigenvalue weighted by Gasteiger charge is 2.51. The molecule has 0 radical (unpaired) electrons. The van der Waals surface area contributed by atoms with Gasteiger partial charge in [0, 0.05) is 17.8 Å². The maximum atomic E-state index is 13.2. The Morgan fingerprint density at radius 3 is 2.29 bits per heavy atom. The smallest absolute Gasteiger partial charge is 0.241 e. The topological polar surface area (TPSA) is 66.9 Å². The van der Waals surface area contributed by atoms with Crippen molar-refractivity contribution in [2.24, 2.45) is 0 Å². The van der Waals surface area contributed by atoms with Gasteiger partial charge in [-0.05, 0) is 44.0 Å². The zero-order chi connectivity index (χ0) is 19.7. The van der Waals surface area contributed by atoms with Gasteiger partial charge in [0.05, 0.1) is 30.7 Å². The second-order valence-electron chi connectivity index (χ2n) is 8.22. The maximum Gasteiger partial charge on any atom is 0.241 e. The van der Waals surface area contributed by atoms with Gasteiger partial charge in [0.2, 0.25) is 5.91 Å². The van der Waals surface area contributed by atoms with Crippen molar-refractivity contribution in [3.63, 3.8) is 0 Å². The highest BCUT2D eigenvalue weighted by Crippen LogP contribution is 2.35. The number of ether oxygens (including phenoxy) is 1. The van der Waals surface area contributed by atoms with Crippen LogP contribution in [0.15, 0.2) is 24.3 Å². The minimum absolute atomic E-state index is 0.00626.